The first-order chi connectivity index (χ1) is 7.85. The third kappa shape index (κ3) is 2.23. The number of piperidine rings is 1. The van der Waals surface area contributed by atoms with Gasteiger partial charge in [0.15, 0.2) is 0 Å². The van der Waals surface area contributed by atoms with Crippen molar-refractivity contribution in [1.82, 2.24) is 9.97 Å². The molecule has 3 heteroatoms. The molecule has 0 radical (unpaired) electrons. The lowest BCUT2D eigenvalue weighted by atomic mass is 10.1. The van der Waals surface area contributed by atoms with E-state index in [0.717, 1.165) is 36.7 Å². The van der Waals surface area contributed by atoms with E-state index in [1.54, 1.807) is 0 Å². The maximum atomic E-state index is 4.63. The number of rotatable bonds is 3. The van der Waals surface area contributed by atoms with E-state index in [0.29, 0.717) is 0 Å². The Kier molecular flexibility index (Phi) is 3.54. The lowest BCUT2D eigenvalue weighted by Gasteiger charge is -2.29. The summed E-state index contributed by atoms with van der Waals surface area (Å²) >= 11 is 0. The van der Waals surface area contributed by atoms with E-state index >= 15 is 0 Å². The second kappa shape index (κ2) is 5.10. The minimum atomic E-state index is 0.887. The van der Waals surface area contributed by atoms with Crippen LogP contribution in [-0.2, 0) is 6.42 Å². The van der Waals surface area contributed by atoms with Gasteiger partial charge in [0.05, 0.1) is 0 Å². The molecule has 0 unspecified atom stereocenters. The summed E-state index contributed by atoms with van der Waals surface area (Å²) in [5, 5.41) is 0. The van der Waals surface area contributed by atoms with Crippen LogP contribution in [0.4, 0.5) is 5.82 Å². The first-order valence-electron chi connectivity index (χ1n) is 6.08. The summed E-state index contributed by atoms with van der Waals surface area (Å²) in [6, 6.07) is 0. The summed E-state index contributed by atoms with van der Waals surface area (Å²) in [5.41, 5.74) is 1.05. The summed E-state index contributed by atoms with van der Waals surface area (Å²) < 4.78 is 0. The van der Waals surface area contributed by atoms with Crippen molar-refractivity contribution < 1.29 is 0 Å². The molecule has 0 bridgehead atoms. The molecule has 0 aromatic carbocycles. The summed E-state index contributed by atoms with van der Waals surface area (Å²) in [4.78, 5) is 11.3. The van der Waals surface area contributed by atoms with Gasteiger partial charge in [-0.15, -0.1) is 0 Å². The maximum Gasteiger partial charge on any atom is 0.139 e. The first kappa shape index (κ1) is 11.1. The SMILES string of the molecule is C=Cc1cnc(CC)nc1N1CCCCC1. The zero-order valence-corrected chi connectivity index (χ0v) is 9.95. The quantitative estimate of drug-likeness (QED) is 0.779. The molecule has 1 aromatic heterocycles. The molecule has 3 nitrogen and oxygen atoms in total. The Morgan fingerprint density at radius 1 is 1.38 bits per heavy atom. The molecule has 0 spiro atoms. The van der Waals surface area contributed by atoms with E-state index in [4.69, 9.17) is 0 Å². The highest BCUT2D eigenvalue weighted by atomic mass is 15.2. The molecule has 0 N–H and O–H groups in total. The van der Waals surface area contributed by atoms with Crippen molar-refractivity contribution in [3.05, 3.63) is 24.2 Å². The highest BCUT2D eigenvalue weighted by molar-refractivity contribution is 5.62. The fourth-order valence-corrected chi connectivity index (χ4v) is 2.09. The monoisotopic (exact) mass is 217 g/mol. The number of nitrogens with zero attached hydrogens (tertiary/aromatic N) is 3. The Morgan fingerprint density at radius 2 is 2.12 bits per heavy atom. The van der Waals surface area contributed by atoms with Gasteiger partial charge in [-0.2, -0.15) is 0 Å². The summed E-state index contributed by atoms with van der Waals surface area (Å²) in [5.74, 6) is 1.99. The molecule has 0 aliphatic carbocycles. The first-order valence-corrected chi connectivity index (χ1v) is 6.08. The van der Waals surface area contributed by atoms with Gasteiger partial charge in [-0.1, -0.05) is 19.6 Å². The van der Waals surface area contributed by atoms with Crippen LogP contribution in [0.3, 0.4) is 0 Å². The predicted octanol–water partition coefficient (Wildman–Crippen LogP) is 2.67. The molecule has 2 rings (SSSR count). The topological polar surface area (TPSA) is 29.0 Å². The van der Waals surface area contributed by atoms with E-state index in [9.17, 15) is 0 Å². The van der Waals surface area contributed by atoms with E-state index in [-0.39, 0.29) is 0 Å². The molecule has 0 atom stereocenters. The number of anilines is 1. The highest BCUT2D eigenvalue weighted by Crippen LogP contribution is 2.22. The zero-order valence-electron chi connectivity index (χ0n) is 9.95. The average Bonchev–Trinajstić information content (AvgIpc) is 2.39. The standard InChI is InChI=1S/C13H19N3/c1-3-11-10-14-12(4-2)15-13(11)16-8-6-5-7-9-16/h3,10H,1,4-9H2,2H3. The lowest BCUT2D eigenvalue weighted by Crippen LogP contribution is -2.31. The van der Waals surface area contributed by atoms with Crippen LogP contribution in [0, 0.1) is 0 Å². The third-order valence-electron chi connectivity index (χ3n) is 3.04. The molecular weight excluding hydrogens is 198 g/mol. The van der Waals surface area contributed by atoms with Crippen molar-refractivity contribution >= 4 is 11.9 Å². The van der Waals surface area contributed by atoms with Crippen molar-refractivity contribution in [1.29, 1.82) is 0 Å². The van der Waals surface area contributed by atoms with Gasteiger partial charge in [0.2, 0.25) is 0 Å². The van der Waals surface area contributed by atoms with Gasteiger partial charge in [-0.05, 0) is 19.3 Å². The van der Waals surface area contributed by atoms with Crippen molar-refractivity contribution in [2.75, 3.05) is 18.0 Å². The number of aromatic nitrogens is 2. The van der Waals surface area contributed by atoms with Gasteiger partial charge in [0.25, 0.3) is 0 Å². The van der Waals surface area contributed by atoms with Gasteiger partial charge < -0.3 is 4.90 Å². The largest absolute Gasteiger partial charge is 0.356 e. The third-order valence-corrected chi connectivity index (χ3v) is 3.04. The average molecular weight is 217 g/mol. The lowest BCUT2D eigenvalue weighted by molar-refractivity contribution is 0.571. The van der Waals surface area contributed by atoms with E-state index < -0.39 is 0 Å². The molecule has 0 amide bonds. The predicted molar refractivity (Wildman–Crippen MR) is 67.6 cm³/mol. The van der Waals surface area contributed by atoms with Crippen LogP contribution in [0.2, 0.25) is 0 Å². The molecular formula is C13H19N3. The van der Waals surface area contributed by atoms with E-state index in [1.165, 1.54) is 19.3 Å². The summed E-state index contributed by atoms with van der Waals surface area (Å²) in [6.07, 6.45) is 8.50. The summed E-state index contributed by atoms with van der Waals surface area (Å²) in [6.45, 7) is 8.15. The fraction of sp³-hybridized carbons (Fsp3) is 0.538. The number of aryl methyl sites for hydroxylation is 1. The van der Waals surface area contributed by atoms with Gasteiger partial charge >= 0.3 is 0 Å². The zero-order chi connectivity index (χ0) is 11.4. The second-order valence-corrected chi connectivity index (χ2v) is 4.17. The van der Waals surface area contributed by atoms with E-state index in [1.807, 2.05) is 12.3 Å². The van der Waals surface area contributed by atoms with Gasteiger partial charge in [-0.25, -0.2) is 9.97 Å². The van der Waals surface area contributed by atoms with Crippen LogP contribution in [0.25, 0.3) is 6.08 Å². The second-order valence-electron chi connectivity index (χ2n) is 4.17. The Morgan fingerprint density at radius 3 is 2.75 bits per heavy atom. The van der Waals surface area contributed by atoms with Gasteiger partial charge in [-0.3, -0.25) is 0 Å². The molecule has 0 saturated carbocycles. The molecule has 16 heavy (non-hydrogen) atoms. The summed E-state index contributed by atoms with van der Waals surface area (Å²) in [7, 11) is 0. The fourth-order valence-electron chi connectivity index (χ4n) is 2.09. The molecule has 1 fully saturated rings. The van der Waals surface area contributed by atoms with Crippen LogP contribution in [0.1, 0.15) is 37.6 Å². The Hall–Kier alpha value is -1.38. The molecule has 1 aliphatic rings. The Labute approximate surface area is 97.2 Å². The molecule has 1 aliphatic heterocycles. The van der Waals surface area contributed by atoms with Crippen LogP contribution in [0.5, 0.6) is 0 Å². The van der Waals surface area contributed by atoms with Crippen LogP contribution in [-0.4, -0.2) is 23.1 Å². The van der Waals surface area contributed by atoms with Crippen molar-refractivity contribution in [3.63, 3.8) is 0 Å². The van der Waals surface area contributed by atoms with Crippen molar-refractivity contribution in [3.8, 4) is 0 Å². The Bertz CT molecular complexity index is 367. The molecule has 86 valence electrons. The van der Waals surface area contributed by atoms with Gasteiger partial charge in [0, 0.05) is 31.3 Å². The van der Waals surface area contributed by atoms with Crippen LogP contribution < -0.4 is 4.90 Å². The van der Waals surface area contributed by atoms with Gasteiger partial charge in [0.1, 0.15) is 11.6 Å². The highest BCUT2D eigenvalue weighted by Gasteiger charge is 2.15. The van der Waals surface area contributed by atoms with Crippen LogP contribution in [0.15, 0.2) is 12.8 Å². The molecule has 2 heterocycles. The minimum absolute atomic E-state index is 0.887. The number of hydrogen-bond acceptors (Lipinski definition) is 3. The normalized spacial score (nSPS) is 16.2. The Balaban J connectivity index is 2.31. The molecule has 1 aromatic rings. The van der Waals surface area contributed by atoms with Crippen LogP contribution >= 0.6 is 0 Å². The minimum Gasteiger partial charge on any atom is -0.356 e. The van der Waals surface area contributed by atoms with E-state index in [2.05, 4.69) is 28.4 Å². The maximum absolute atomic E-state index is 4.63. The van der Waals surface area contributed by atoms with Crippen molar-refractivity contribution in [2.45, 2.75) is 32.6 Å². The number of hydrogen-bond donors (Lipinski definition) is 0. The molecule has 1 saturated heterocycles. The smallest absolute Gasteiger partial charge is 0.139 e. The van der Waals surface area contributed by atoms with Crippen molar-refractivity contribution in [2.24, 2.45) is 0 Å².